The molecule has 0 bridgehead atoms. The van der Waals surface area contributed by atoms with E-state index in [1.165, 1.54) is 44.7 Å². The molecule has 0 fully saturated rings. The minimum atomic E-state index is -3.40. The zero-order chi connectivity index (χ0) is 26.1. The van der Waals surface area contributed by atoms with Crippen molar-refractivity contribution in [1.82, 2.24) is 24.6 Å². The second-order valence-corrected chi connectivity index (χ2v) is 13.3. The minimum Gasteiger partial charge on any atom is -0.480 e. The summed E-state index contributed by atoms with van der Waals surface area (Å²) in [5.41, 5.74) is 6.93. The van der Waals surface area contributed by atoms with Gasteiger partial charge in [0.05, 0.1) is 26.1 Å². The third kappa shape index (κ3) is 7.68. The lowest BCUT2D eigenvalue weighted by molar-refractivity contribution is -0.138. The first-order chi connectivity index (χ1) is 17.3. The van der Waals surface area contributed by atoms with Crippen LogP contribution in [0.5, 0.6) is 5.88 Å². The van der Waals surface area contributed by atoms with Crippen LogP contribution in [-0.4, -0.2) is 56.1 Å². The fourth-order valence-corrected chi connectivity index (χ4v) is 8.02. The maximum absolute atomic E-state index is 13.5. The third-order valence-electron chi connectivity index (χ3n) is 6.05. The monoisotopic (exact) mass is 540 g/mol. The zero-order valence-electron chi connectivity index (χ0n) is 21.1. The molecule has 2 aromatic heterocycles. The summed E-state index contributed by atoms with van der Waals surface area (Å²) in [5.74, 6) is 0.00228. The number of nitrogens with two attached hydrogens (primary N) is 1. The van der Waals surface area contributed by atoms with Gasteiger partial charge in [-0.1, -0.05) is 62.6 Å². The summed E-state index contributed by atoms with van der Waals surface area (Å²) in [5, 5.41) is 12.0. The molecular weight excluding hydrogens is 503 g/mol. The van der Waals surface area contributed by atoms with Crippen LogP contribution in [0.3, 0.4) is 0 Å². The Balaban J connectivity index is 1.58. The molecule has 3 rings (SSSR count). The summed E-state index contributed by atoms with van der Waals surface area (Å²) in [7, 11) is 1.51. The molecule has 1 aliphatic carbocycles. The van der Waals surface area contributed by atoms with Gasteiger partial charge in [-0.05, 0) is 19.8 Å². The van der Waals surface area contributed by atoms with Crippen LogP contribution in [-0.2, 0) is 13.9 Å². The highest BCUT2D eigenvalue weighted by atomic mass is 32.7. The smallest absolute Gasteiger partial charge is 0.327 e. The molecule has 4 N–H and O–H groups in total. The number of carbonyl (C=O) groups is 1. The molecule has 0 saturated heterocycles. The summed E-state index contributed by atoms with van der Waals surface area (Å²) in [6, 6.07) is -1.01. The lowest BCUT2D eigenvalue weighted by atomic mass is 10.1. The van der Waals surface area contributed by atoms with Gasteiger partial charge >= 0.3 is 12.7 Å². The Labute approximate surface area is 215 Å². The number of aliphatic carboxylic acids is 1. The van der Waals surface area contributed by atoms with Crippen molar-refractivity contribution in [2.75, 3.05) is 25.2 Å². The van der Waals surface area contributed by atoms with Crippen molar-refractivity contribution in [3.05, 3.63) is 18.5 Å². The fraction of sp³-hybridized carbons (Fsp3) is 0.652. The van der Waals surface area contributed by atoms with Crippen LogP contribution in [0.15, 0.2) is 18.5 Å². The van der Waals surface area contributed by atoms with Gasteiger partial charge in [0.2, 0.25) is 11.8 Å². The SMILES string of the molecule is CCCCCCCCSP(=O)(N[C@@H](C)C(=O)O)OC[C@@H]1C=C[C@H](n2cnc3c(OC)nc(N)nc32)C1. The molecule has 1 aliphatic rings. The molecule has 36 heavy (non-hydrogen) atoms. The maximum atomic E-state index is 13.5. The number of methoxy groups -OCH3 is 1. The van der Waals surface area contributed by atoms with E-state index in [2.05, 4.69) is 27.0 Å². The van der Waals surface area contributed by atoms with Crippen LogP contribution in [0.1, 0.15) is 64.8 Å². The van der Waals surface area contributed by atoms with E-state index in [1.54, 1.807) is 6.33 Å². The molecule has 1 unspecified atom stereocenters. The first-order valence-corrected chi connectivity index (χ1v) is 15.6. The lowest BCUT2D eigenvalue weighted by Crippen LogP contribution is -2.31. The van der Waals surface area contributed by atoms with Crippen molar-refractivity contribution >= 4 is 41.2 Å². The average Bonchev–Trinajstić information content (AvgIpc) is 3.48. The Hall–Kier alpha value is -2.14. The quantitative estimate of drug-likeness (QED) is 0.152. The van der Waals surface area contributed by atoms with Gasteiger partial charge in [-0.15, -0.1) is 0 Å². The number of unbranched alkanes of at least 4 members (excludes halogenated alkanes) is 5. The normalized spacial score (nSPS) is 20.0. The van der Waals surface area contributed by atoms with Crippen molar-refractivity contribution in [2.45, 2.75) is 70.9 Å². The molecule has 0 spiro atoms. The van der Waals surface area contributed by atoms with Gasteiger partial charge < -0.3 is 24.7 Å². The number of aromatic nitrogens is 4. The van der Waals surface area contributed by atoms with Crippen LogP contribution in [0.4, 0.5) is 5.95 Å². The number of carboxylic acids is 1. The van der Waals surface area contributed by atoms with Gasteiger partial charge in [-0.3, -0.25) is 9.36 Å². The second kappa shape index (κ2) is 13.4. The molecule has 4 atom stereocenters. The van der Waals surface area contributed by atoms with Gasteiger partial charge in [-0.2, -0.15) is 9.97 Å². The molecule has 13 heteroatoms. The summed E-state index contributed by atoms with van der Waals surface area (Å²) in [6.07, 6.45) is 13.2. The molecule has 2 aromatic rings. The van der Waals surface area contributed by atoms with Crippen LogP contribution in [0.25, 0.3) is 11.2 Å². The summed E-state index contributed by atoms with van der Waals surface area (Å²) >= 11 is 1.20. The molecule has 2 heterocycles. The van der Waals surface area contributed by atoms with E-state index < -0.39 is 18.7 Å². The maximum Gasteiger partial charge on any atom is 0.327 e. The molecule has 0 saturated carbocycles. The number of hydrogen-bond acceptors (Lipinski definition) is 9. The number of allylic oxidation sites excluding steroid dienone is 1. The molecule has 0 amide bonds. The largest absolute Gasteiger partial charge is 0.480 e. The predicted octanol–water partition coefficient (Wildman–Crippen LogP) is 4.82. The Morgan fingerprint density at radius 1 is 1.31 bits per heavy atom. The number of nitrogens with one attached hydrogen (secondary N) is 1. The fourth-order valence-electron chi connectivity index (χ4n) is 4.04. The number of rotatable bonds is 16. The molecule has 0 radical (unpaired) electrons. The molecular formula is C23H37N6O5PS. The van der Waals surface area contributed by atoms with Crippen LogP contribution in [0.2, 0.25) is 0 Å². The van der Waals surface area contributed by atoms with Crippen molar-refractivity contribution in [1.29, 1.82) is 0 Å². The summed E-state index contributed by atoms with van der Waals surface area (Å²) in [4.78, 5) is 24.1. The standard InChI is InChI=1S/C23H37N6O5PS/c1-4-5-6-7-8-9-12-36-35(32,28-16(2)22(30)31)34-14-17-10-11-18(13-17)29-15-25-19-20(29)26-23(24)27-21(19)33-3/h10-11,15-18H,4-9,12-14H2,1-3H3,(H,28,32)(H,30,31)(H2,24,26,27)/t16-,17+,18-,35?/m0/s1. The molecule has 200 valence electrons. The highest BCUT2D eigenvalue weighted by Crippen LogP contribution is 2.57. The Kier molecular flexibility index (Phi) is 10.6. The number of hydrogen-bond donors (Lipinski definition) is 3. The van der Waals surface area contributed by atoms with E-state index in [9.17, 15) is 14.5 Å². The van der Waals surface area contributed by atoms with Crippen molar-refractivity contribution in [3.8, 4) is 5.88 Å². The van der Waals surface area contributed by atoms with Gasteiger partial charge in [0.15, 0.2) is 11.2 Å². The molecule has 11 nitrogen and oxygen atoms in total. The third-order valence-corrected chi connectivity index (χ3v) is 10.3. The minimum absolute atomic E-state index is 0.00145. The Bertz CT molecular complexity index is 1100. The number of anilines is 1. The number of nitrogens with zero attached hydrogens (tertiary/aromatic N) is 4. The first kappa shape index (κ1) is 28.4. The number of ether oxygens (including phenoxy) is 1. The number of nitrogen functional groups attached to an aromatic ring is 1. The topological polar surface area (TPSA) is 154 Å². The van der Waals surface area contributed by atoms with E-state index in [0.717, 1.165) is 19.3 Å². The van der Waals surface area contributed by atoms with Crippen molar-refractivity contribution in [2.24, 2.45) is 5.92 Å². The summed E-state index contributed by atoms with van der Waals surface area (Å²) < 4.78 is 26.6. The van der Waals surface area contributed by atoms with Crippen LogP contribution >= 0.6 is 18.1 Å². The second-order valence-electron chi connectivity index (χ2n) is 8.95. The van der Waals surface area contributed by atoms with Crippen molar-refractivity contribution < 1.29 is 23.7 Å². The number of imidazole rings is 1. The number of carboxylic acid groups (broad SMARTS) is 1. The van der Waals surface area contributed by atoms with E-state index in [-0.39, 0.29) is 24.5 Å². The summed E-state index contributed by atoms with van der Waals surface area (Å²) in [6.45, 7) is 0.462. The highest BCUT2D eigenvalue weighted by molar-refractivity contribution is 8.56. The average molecular weight is 541 g/mol. The van der Waals surface area contributed by atoms with Gasteiger partial charge in [0, 0.05) is 11.7 Å². The van der Waals surface area contributed by atoms with Crippen molar-refractivity contribution in [3.63, 3.8) is 0 Å². The van der Waals surface area contributed by atoms with E-state index >= 15 is 0 Å². The Morgan fingerprint density at radius 2 is 2.06 bits per heavy atom. The highest BCUT2D eigenvalue weighted by Gasteiger charge is 2.31. The van der Waals surface area contributed by atoms with E-state index in [0.29, 0.717) is 29.2 Å². The first-order valence-electron chi connectivity index (χ1n) is 12.4. The Morgan fingerprint density at radius 3 is 2.78 bits per heavy atom. The van der Waals surface area contributed by atoms with Crippen LogP contribution in [0, 0.1) is 5.92 Å². The number of fused-ring (bicyclic) bond motifs is 1. The molecule has 0 aliphatic heterocycles. The lowest BCUT2D eigenvalue weighted by Gasteiger charge is -2.23. The van der Waals surface area contributed by atoms with E-state index in [1.807, 2.05) is 16.7 Å². The molecule has 0 aromatic carbocycles. The van der Waals surface area contributed by atoms with Crippen LogP contribution < -0.4 is 15.6 Å². The zero-order valence-corrected chi connectivity index (χ0v) is 22.8. The predicted molar refractivity (Wildman–Crippen MR) is 142 cm³/mol. The van der Waals surface area contributed by atoms with Gasteiger partial charge in [0.1, 0.15) is 6.04 Å². The van der Waals surface area contributed by atoms with Gasteiger partial charge in [0.25, 0.3) is 0 Å². The van der Waals surface area contributed by atoms with Gasteiger partial charge in [-0.25, -0.2) is 10.1 Å². The van der Waals surface area contributed by atoms with E-state index in [4.69, 9.17) is 15.0 Å².